The van der Waals surface area contributed by atoms with Gasteiger partial charge in [-0.25, -0.2) is 8.78 Å². The van der Waals surface area contributed by atoms with Gasteiger partial charge in [0.25, 0.3) is 11.8 Å². The van der Waals surface area contributed by atoms with Crippen molar-refractivity contribution < 1.29 is 18.4 Å². The number of benzene rings is 2. The van der Waals surface area contributed by atoms with Gasteiger partial charge in [-0.2, -0.15) is 0 Å². The number of alkyl halides is 2. The second-order valence-electron chi connectivity index (χ2n) is 6.49. The van der Waals surface area contributed by atoms with Crippen LogP contribution >= 0.6 is 0 Å². The Labute approximate surface area is 149 Å². The zero-order chi connectivity index (χ0) is 18.9. The van der Waals surface area contributed by atoms with Crippen molar-refractivity contribution >= 4 is 28.3 Å². The molecule has 2 N–H and O–H groups in total. The van der Waals surface area contributed by atoms with E-state index in [9.17, 15) is 18.4 Å². The number of halogens is 2. The zero-order valence-electron chi connectivity index (χ0n) is 14.3. The maximum Gasteiger partial charge on any atom is 0.267 e. The highest BCUT2D eigenvalue weighted by atomic mass is 19.3. The van der Waals surface area contributed by atoms with Gasteiger partial charge in [0.2, 0.25) is 5.91 Å². The SMILES string of the molecule is CC(=N)[C@@H]1CC(F)(F)CN1C(=O)CNC(=O)c1cccc2ccccc12. The van der Waals surface area contributed by atoms with E-state index in [1.807, 2.05) is 30.3 Å². The third-order valence-corrected chi connectivity index (χ3v) is 4.52. The van der Waals surface area contributed by atoms with Gasteiger partial charge in [-0.05, 0) is 23.8 Å². The molecule has 2 amide bonds. The maximum atomic E-state index is 13.6. The highest BCUT2D eigenvalue weighted by molar-refractivity contribution is 6.07. The van der Waals surface area contributed by atoms with Crippen LogP contribution in [0.1, 0.15) is 23.7 Å². The first kappa shape index (κ1) is 18.0. The van der Waals surface area contributed by atoms with E-state index in [1.54, 1.807) is 12.1 Å². The molecule has 3 rings (SSSR count). The number of carbonyl (C=O) groups excluding carboxylic acids is 2. The van der Waals surface area contributed by atoms with E-state index < -0.39 is 36.7 Å². The third-order valence-electron chi connectivity index (χ3n) is 4.52. The molecule has 1 aliphatic heterocycles. The summed E-state index contributed by atoms with van der Waals surface area (Å²) in [6.07, 6.45) is -0.550. The summed E-state index contributed by atoms with van der Waals surface area (Å²) in [5, 5.41) is 11.8. The van der Waals surface area contributed by atoms with Crippen molar-refractivity contribution in [2.75, 3.05) is 13.1 Å². The Morgan fingerprint density at radius 2 is 1.92 bits per heavy atom. The molecule has 1 heterocycles. The summed E-state index contributed by atoms with van der Waals surface area (Å²) in [6.45, 7) is 0.291. The Hall–Kier alpha value is -2.83. The summed E-state index contributed by atoms with van der Waals surface area (Å²) in [6, 6.07) is 11.7. The summed E-state index contributed by atoms with van der Waals surface area (Å²) in [5.41, 5.74) is 0.429. The van der Waals surface area contributed by atoms with Crippen molar-refractivity contribution in [3.8, 4) is 0 Å². The fraction of sp³-hybridized carbons (Fsp3) is 0.316. The van der Waals surface area contributed by atoms with Crippen molar-refractivity contribution in [3.63, 3.8) is 0 Å². The number of fused-ring (bicyclic) bond motifs is 1. The highest BCUT2D eigenvalue weighted by Gasteiger charge is 2.47. The van der Waals surface area contributed by atoms with Crippen molar-refractivity contribution in [1.29, 1.82) is 5.41 Å². The van der Waals surface area contributed by atoms with Crippen LogP contribution in [0.25, 0.3) is 10.8 Å². The van der Waals surface area contributed by atoms with Gasteiger partial charge in [0, 0.05) is 17.7 Å². The van der Waals surface area contributed by atoms with Crippen LogP contribution in [0.15, 0.2) is 42.5 Å². The summed E-state index contributed by atoms with van der Waals surface area (Å²) >= 11 is 0. The number of hydrogen-bond acceptors (Lipinski definition) is 3. The quantitative estimate of drug-likeness (QED) is 0.824. The first-order valence-corrected chi connectivity index (χ1v) is 8.27. The molecular weight excluding hydrogens is 340 g/mol. The van der Waals surface area contributed by atoms with Crippen molar-refractivity contribution in [3.05, 3.63) is 48.0 Å². The summed E-state index contributed by atoms with van der Waals surface area (Å²) in [7, 11) is 0. The van der Waals surface area contributed by atoms with Gasteiger partial charge >= 0.3 is 0 Å². The molecular formula is C19H19F2N3O2. The summed E-state index contributed by atoms with van der Waals surface area (Å²) in [5.74, 6) is -4.07. The van der Waals surface area contributed by atoms with E-state index >= 15 is 0 Å². The fourth-order valence-corrected chi connectivity index (χ4v) is 3.24. The van der Waals surface area contributed by atoms with Crippen molar-refractivity contribution in [2.45, 2.75) is 25.3 Å². The van der Waals surface area contributed by atoms with Crippen LogP contribution in [0, 0.1) is 5.41 Å². The molecule has 1 aliphatic rings. The first-order valence-electron chi connectivity index (χ1n) is 8.27. The lowest BCUT2D eigenvalue weighted by atomic mass is 10.0. The Morgan fingerprint density at radius 1 is 1.23 bits per heavy atom. The van der Waals surface area contributed by atoms with Crippen LogP contribution < -0.4 is 5.32 Å². The minimum atomic E-state index is -3.01. The number of amides is 2. The van der Waals surface area contributed by atoms with E-state index in [2.05, 4.69) is 5.32 Å². The molecule has 1 saturated heterocycles. The lowest BCUT2D eigenvalue weighted by molar-refractivity contribution is -0.131. The molecule has 0 bridgehead atoms. The molecule has 1 fully saturated rings. The lowest BCUT2D eigenvalue weighted by Gasteiger charge is -2.23. The van der Waals surface area contributed by atoms with Crippen LogP contribution in [0.3, 0.4) is 0 Å². The summed E-state index contributed by atoms with van der Waals surface area (Å²) in [4.78, 5) is 25.8. The molecule has 136 valence electrons. The van der Waals surface area contributed by atoms with E-state index in [0.717, 1.165) is 15.7 Å². The standard InChI is InChI=1S/C19H19F2N3O2/c1-12(22)16-9-19(20,21)11-24(16)17(25)10-23-18(26)15-8-4-6-13-5-2-3-7-14(13)15/h2-8,16,22H,9-11H2,1H3,(H,23,26)/t16-/m0/s1. The van der Waals surface area contributed by atoms with E-state index in [1.165, 1.54) is 6.92 Å². The average Bonchev–Trinajstić information content (AvgIpc) is 2.95. The normalized spacial score (nSPS) is 18.7. The lowest BCUT2D eigenvalue weighted by Crippen LogP contribution is -2.45. The molecule has 0 spiro atoms. The molecule has 5 nitrogen and oxygen atoms in total. The minimum absolute atomic E-state index is 0.0101. The number of likely N-dealkylation sites (tertiary alicyclic amines) is 1. The molecule has 26 heavy (non-hydrogen) atoms. The zero-order valence-corrected chi connectivity index (χ0v) is 14.3. The van der Waals surface area contributed by atoms with Crippen LogP contribution in [-0.4, -0.2) is 47.5 Å². The van der Waals surface area contributed by atoms with Crippen molar-refractivity contribution in [1.82, 2.24) is 10.2 Å². The topological polar surface area (TPSA) is 73.3 Å². The van der Waals surface area contributed by atoms with Crippen LogP contribution in [0.5, 0.6) is 0 Å². The smallest absolute Gasteiger partial charge is 0.267 e. The van der Waals surface area contributed by atoms with Gasteiger partial charge in [0.1, 0.15) is 0 Å². The molecule has 0 saturated carbocycles. The Bertz CT molecular complexity index is 877. The molecule has 0 aromatic heterocycles. The largest absolute Gasteiger partial charge is 0.343 e. The summed E-state index contributed by atoms with van der Waals surface area (Å²) < 4.78 is 27.3. The number of rotatable bonds is 4. The fourth-order valence-electron chi connectivity index (χ4n) is 3.24. The van der Waals surface area contributed by atoms with E-state index in [0.29, 0.717) is 5.56 Å². The van der Waals surface area contributed by atoms with Crippen LogP contribution in [-0.2, 0) is 4.79 Å². The first-order chi connectivity index (χ1) is 12.3. The molecule has 1 atom stereocenters. The predicted molar refractivity (Wildman–Crippen MR) is 94.7 cm³/mol. The molecule has 0 unspecified atom stereocenters. The van der Waals surface area contributed by atoms with E-state index in [4.69, 9.17) is 5.41 Å². The number of hydrogen-bond donors (Lipinski definition) is 2. The number of nitrogens with one attached hydrogen (secondary N) is 2. The van der Waals surface area contributed by atoms with Crippen LogP contribution in [0.4, 0.5) is 8.78 Å². The van der Waals surface area contributed by atoms with Gasteiger partial charge in [-0.3, -0.25) is 9.59 Å². The van der Waals surface area contributed by atoms with Crippen molar-refractivity contribution in [2.24, 2.45) is 0 Å². The third kappa shape index (κ3) is 3.56. The molecule has 7 heteroatoms. The second-order valence-corrected chi connectivity index (χ2v) is 6.49. The van der Waals surface area contributed by atoms with Gasteiger partial charge in [0.15, 0.2) is 0 Å². The Morgan fingerprint density at radius 3 is 2.65 bits per heavy atom. The number of nitrogens with zero attached hydrogens (tertiary/aromatic N) is 1. The monoisotopic (exact) mass is 359 g/mol. The van der Waals surface area contributed by atoms with Gasteiger partial charge in [-0.15, -0.1) is 0 Å². The number of carbonyl (C=O) groups is 2. The molecule has 2 aromatic rings. The Balaban J connectivity index is 1.71. The second kappa shape index (κ2) is 6.82. The molecule has 0 aliphatic carbocycles. The average molecular weight is 359 g/mol. The van der Waals surface area contributed by atoms with Gasteiger partial charge in [-0.1, -0.05) is 36.4 Å². The maximum absolute atomic E-state index is 13.6. The van der Waals surface area contributed by atoms with E-state index in [-0.39, 0.29) is 12.3 Å². The predicted octanol–water partition coefficient (Wildman–Crippen LogP) is 2.85. The molecule has 0 radical (unpaired) electrons. The van der Waals surface area contributed by atoms with Gasteiger partial charge in [0.05, 0.1) is 19.1 Å². The van der Waals surface area contributed by atoms with Crippen LogP contribution in [0.2, 0.25) is 0 Å². The van der Waals surface area contributed by atoms with Gasteiger partial charge < -0.3 is 15.6 Å². The minimum Gasteiger partial charge on any atom is -0.343 e. The highest BCUT2D eigenvalue weighted by Crippen LogP contribution is 2.32. The molecule has 2 aromatic carbocycles. The Kier molecular flexibility index (Phi) is 4.71.